The smallest absolute Gasteiger partial charge is 0.335 e. The van der Waals surface area contributed by atoms with Crippen molar-refractivity contribution in [3.63, 3.8) is 0 Å². The maximum absolute atomic E-state index is 12.6. The molecule has 0 unspecified atom stereocenters. The minimum absolute atomic E-state index is 0.182. The highest BCUT2D eigenvalue weighted by Crippen LogP contribution is 2.43. The molecule has 1 amide bonds. The number of ether oxygens (including phenoxy) is 1. The number of hydrazine groups is 1. The van der Waals surface area contributed by atoms with Crippen molar-refractivity contribution in [3.8, 4) is 0 Å². The van der Waals surface area contributed by atoms with Gasteiger partial charge < -0.3 is 4.74 Å². The van der Waals surface area contributed by atoms with Crippen molar-refractivity contribution in [3.05, 3.63) is 11.1 Å². The summed E-state index contributed by atoms with van der Waals surface area (Å²) in [4.78, 5) is 24.5. The van der Waals surface area contributed by atoms with E-state index in [0.29, 0.717) is 11.1 Å². The molecular formula is C15H24N2O3. The number of hydrogen-bond acceptors (Lipinski definition) is 4. The topological polar surface area (TPSA) is 58.6 Å². The van der Waals surface area contributed by atoms with Gasteiger partial charge in [0.25, 0.3) is 5.91 Å². The van der Waals surface area contributed by atoms with Gasteiger partial charge in [0, 0.05) is 18.7 Å². The van der Waals surface area contributed by atoms with Crippen molar-refractivity contribution >= 4 is 11.9 Å². The minimum Gasteiger partial charge on any atom is -0.451 e. The van der Waals surface area contributed by atoms with Gasteiger partial charge in [-0.2, -0.15) is 0 Å². The summed E-state index contributed by atoms with van der Waals surface area (Å²) >= 11 is 0. The summed E-state index contributed by atoms with van der Waals surface area (Å²) in [6, 6.07) is 0. The van der Waals surface area contributed by atoms with Crippen molar-refractivity contribution in [1.29, 1.82) is 0 Å². The van der Waals surface area contributed by atoms with Crippen molar-refractivity contribution in [2.24, 2.45) is 0 Å². The van der Waals surface area contributed by atoms with Crippen molar-refractivity contribution in [1.82, 2.24) is 10.4 Å². The first-order valence-corrected chi connectivity index (χ1v) is 7.54. The van der Waals surface area contributed by atoms with E-state index < -0.39 is 5.60 Å². The van der Waals surface area contributed by atoms with E-state index in [1.165, 1.54) is 0 Å². The molecule has 1 N–H and O–H groups in total. The second kappa shape index (κ2) is 5.95. The molecule has 0 radical (unpaired) electrons. The van der Waals surface area contributed by atoms with Crippen LogP contribution in [0.1, 0.15) is 52.9 Å². The summed E-state index contributed by atoms with van der Waals surface area (Å²) in [7, 11) is 0. The molecule has 1 spiro atoms. The Kier molecular flexibility index (Phi) is 4.48. The zero-order valence-corrected chi connectivity index (χ0v) is 12.6. The molecule has 0 aromatic rings. The second-order valence-corrected chi connectivity index (χ2v) is 5.56. The van der Waals surface area contributed by atoms with Crippen LogP contribution in [0.15, 0.2) is 11.1 Å². The number of nitrogens with one attached hydrogen (secondary N) is 1. The van der Waals surface area contributed by atoms with Gasteiger partial charge in [0.15, 0.2) is 0 Å². The molecule has 0 bridgehead atoms. The first-order valence-electron chi connectivity index (χ1n) is 7.54. The SMILES string of the molecule is CCN(CC)NC(=O)C1=C(C)C(=O)OC12CCCCC2. The number of carbonyl (C=O) groups excluding carboxylic acids is 2. The lowest BCUT2D eigenvalue weighted by Gasteiger charge is -2.34. The molecule has 2 aliphatic rings. The van der Waals surface area contributed by atoms with Gasteiger partial charge in [-0.3, -0.25) is 10.2 Å². The van der Waals surface area contributed by atoms with Crippen molar-refractivity contribution in [2.45, 2.75) is 58.5 Å². The third-order valence-corrected chi connectivity index (χ3v) is 4.34. The Morgan fingerprint density at radius 2 is 1.85 bits per heavy atom. The van der Waals surface area contributed by atoms with Gasteiger partial charge in [0.2, 0.25) is 0 Å². The molecule has 2 rings (SSSR count). The van der Waals surface area contributed by atoms with Crippen LogP contribution >= 0.6 is 0 Å². The largest absolute Gasteiger partial charge is 0.451 e. The molecule has 0 saturated heterocycles. The number of hydrogen-bond donors (Lipinski definition) is 1. The van der Waals surface area contributed by atoms with Gasteiger partial charge in [-0.25, -0.2) is 9.80 Å². The highest BCUT2D eigenvalue weighted by atomic mass is 16.6. The Morgan fingerprint density at radius 1 is 1.25 bits per heavy atom. The fourth-order valence-corrected chi connectivity index (χ4v) is 3.18. The van der Waals surface area contributed by atoms with Crippen LogP contribution in [0.5, 0.6) is 0 Å². The second-order valence-electron chi connectivity index (χ2n) is 5.56. The highest BCUT2D eigenvalue weighted by molar-refractivity contribution is 6.07. The quantitative estimate of drug-likeness (QED) is 0.631. The number of esters is 1. The van der Waals surface area contributed by atoms with Gasteiger partial charge in [-0.15, -0.1) is 0 Å². The maximum atomic E-state index is 12.6. The molecule has 1 fully saturated rings. The van der Waals surface area contributed by atoms with Crippen LogP contribution in [0, 0.1) is 0 Å². The third-order valence-electron chi connectivity index (χ3n) is 4.34. The number of carbonyl (C=O) groups is 2. The van der Waals surface area contributed by atoms with Crippen LogP contribution in [-0.2, 0) is 14.3 Å². The van der Waals surface area contributed by atoms with Crippen LogP contribution in [0.2, 0.25) is 0 Å². The van der Waals surface area contributed by atoms with Crippen molar-refractivity contribution in [2.75, 3.05) is 13.1 Å². The molecule has 112 valence electrons. The Hall–Kier alpha value is -1.36. The number of nitrogens with zero attached hydrogens (tertiary/aromatic N) is 1. The molecule has 20 heavy (non-hydrogen) atoms. The Labute approximate surface area is 120 Å². The molecule has 0 aromatic heterocycles. The summed E-state index contributed by atoms with van der Waals surface area (Å²) in [6.45, 7) is 7.13. The van der Waals surface area contributed by atoms with Crippen molar-refractivity contribution < 1.29 is 14.3 Å². The molecule has 1 heterocycles. The van der Waals surface area contributed by atoms with Gasteiger partial charge in [-0.05, 0) is 32.6 Å². The van der Waals surface area contributed by atoms with E-state index >= 15 is 0 Å². The van der Waals surface area contributed by atoms with E-state index in [0.717, 1.165) is 45.2 Å². The standard InChI is InChI=1S/C15H24N2O3/c1-4-17(5-2)16-13(18)12-11(3)14(19)20-15(12)9-7-6-8-10-15/h4-10H2,1-3H3,(H,16,18). The fourth-order valence-electron chi connectivity index (χ4n) is 3.18. The van der Waals surface area contributed by atoms with Crippen LogP contribution in [0.3, 0.4) is 0 Å². The molecule has 5 nitrogen and oxygen atoms in total. The molecular weight excluding hydrogens is 256 g/mol. The normalized spacial score (nSPS) is 21.5. The van der Waals surface area contributed by atoms with E-state index in [1.54, 1.807) is 6.92 Å². The average molecular weight is 280 g/mol. The van der Waals surface area contributed by atoms with Crippen LogP contribution in [0.25, 0.3) is 0 Å². The zero-order chi connectivity index (χ0) is 14.8. The van der Waals surface area contributed by atoms with E-state index in [1.807, 2.05) is 18.9 Å². The van der Waals surface area contributed by atoms with E-state index in [2.05, 4.69) is 5.43 Å². The molecule has 0 aromatic carbocycles. The fraction of sp³-hybridized carbons (Fsp3) is 0.733. The maximum Gasteiger partial charge on any atom is 0.335 e. The number of rotatable bonds is 4. The summed E-state index contributed by atoms with van der Waals surface area (Å²) in [5, 5.41) is 1.84. The predicted octanol–water partition coefficient (Wildman–Crippen LogP) is 1.94. The van der Waals surface area contributed by atoms with E-state index in [4.69, 9.17) is 4.74 Å². The van der Waals surface area contributed by atoms with Gasteiger partial charge in [-0.1, -0.05) is 20.3 Å². The lowest BCUT2D eigenvalue weighted by molar-refractivity contribution is -0.149. The Bertz CT molecular complexity index is 432. The van der Waals surface area contributed by atoms with Crippen LogP contribution in [-0.4, -0.2) is 35.6 Å². The molecule has 1 aliphatic carbocycles. The van der Waals surface area contributed by atoms with E-state index in [9.17, 15) is 9.59 Å². The molecule has 1 aliphatic heterocycles. The third kappa shape index (κ3) is 2.59. The molecule has 0 atom stereocenters. The summed E-state index contributed by atoms with van der Waals surface area (Å²) in [5.74, 6) is -0.518. The van der Waals surface area contributed by atoms with Crippen LogP contribution < -0.4 is 5.43 Å². The Balaban J connectivity index is 2.25. The first kappa shape index (κ1) is 15.0. The lowest BCUT2D eigenvalue weighted by atomic mass is 9.78. The predicted molar refractivity (Wildman–Crippen MR) is 75.7 cm³/mol. The summed E-state index contributed by atoms with van der Waals surface area (Å²) in [6.07, 6.45) is 4.67. The lowest BCUT2D eigenvalue weighted by Crippen LogP contribution is -2.47. The van der Waals surface area contributed by atoms with Gasteiger partial charge >= 0.3 is 5.97 Å². The highest BCUT2D eigenvalue weighted by Gasteiger charge is 2.49. The van der Waals surface area contributed by atoms with Gasteiger partial charge in [0.05, 0.1) is 5.57 Å². The summed E-state index contributed by atoms with van der Waals surface area (Å²) in [5.41, 5.74) is 3.23. The first-order chi connectivity index (χ1) is 9.54. The monoisotopic (exact) mass is 280 g/mol. The number of amides is 1. The molecule has 5 heteroatoms. The molecule has 1 saturated carbocycles. The van der Waals surface area contributed by atoms with E-state index in [-0.39, 0.29) is 11.9 Å². The zero-order valence-electron chi connectivity index (χ0n) is 12.6. The van der Waals surface area contributed by atoms with Crippen LogP contribution in [0.4, 0.5) is 0 Å². The minimum atomic E-state index is -0.670. The van der Waals surface area contributed by atoms with Gasteiger partial charge in [0.1, 0.15) is 5.60 Å². The summed E-state index contributed by atoms with van der Waals surface area (Å²) < 4.78 is 5.59. The Morgan fingerprint density at radius 3 is 2.40 bits per heavy atom. The average Bonchev–Trinajstić information content (AvgIpc) is 2.68.